The smallest absolute Gasteiger partial charge is 0.171 e. The molecule has 2 aliphatic carbocycles. The largest absolute Gasteiger partial charge is 0.384 e. The standard InChI is InChI=1S/C30H32N2O3/c1-21-25-13-14-26-27(29(25,2)15-16-30(21)34-18-19-35-30)31-28(23-10-4-3-5-11-23)32(26)24-12-6-8-22(20-24)9-7-17-33/h3-6,8,10-12,20-21,25,33H,13-19H2,1-2H3/t21-,25-,29-/m0/s1. The highest BCUT2D eigenvalue weighted by Crippen LogP contribution is 2.57. The second-order valence-corrected chi connectivity index (χ2v) is 10.3. The van der Waals surface area contributed by atoms with Crippen LogP contribution in [0.5, 0.6) is 0 Å². The van der Waals surface area contributed by atoms with Gasteiger partial charge >= 0.3 is 0 Å². The number of hydrogen-bond donors (Lipinski definition) is 1. The lowest BCUT2D eigenvalue weighted by Gasteiger charge is -2.53. The monoisotopic (exact) mass is 468 g/mol. The van der Waals surface area contributed by atoms with Crippen molar-refractivity contribution in [3.05, 3.63) is 71.5 Å². The van der Waals surface area contributed by atoms with Crippen LogP contribution in [0.3, 0.4) is 0 Å². The summed E-state index contributed by atoms with van der Waals surface area (Å²) in [5.74, 6) is 7.16. The van der Waals surface area contributed by atoms with Crippen molar-refractivity contribution in [3.63, 3.8) is 0 Å². The molecule has 0 radical (unpaired) electrons. The van der Waals surface area contributed by atoms with Gasteiger partial charge in [-0.15, -0.1) is 0 Å². The van der Waals surface area contributed by atoms with Gasteiger partial charge in [-0.25, -0.2) is 4.98 Å². The molecule has 2 aromatic carbocycles. The lowest BCUT2D eigenvalue weighted by atomic mass is 9.55. The summed E-state index contributed by atoms with van der Waals surface area (Å²) in [4.78, 5) is 5.40. The summed E-state index contributed by atoms with van der Waals surface area (Å²) in [6.45, 7) is 5.97. The van der Waals surface area contributed by atoms with Crippen molar-refractivity contribution < 1.29 is 14.6 Å². The van der Waals surface area contributed by atoms with Gasteiger partial charge in [-0.3, -0.25) is 4.57 Å². The van der Waals surface area contributed by atoms with E-state index >= 15 is 0 Å². The highest BCUT2D eigenvalue weighted by atomic mass is 16.7. The number of imidazole rings is 1. The maximum atomic E-state index is 9.16. The third-order valence-corrected chi connectivity index (χ3v) is 8.54. The number of benzene rings is 2. The lowest BCUT2D eigenvalue weighted by molar-refractivity contribution is -0.234. The minimum Gasteiger partial charge on any atom is -0.384 e. The van der Waals surface area contributed by atoms with Crippen LogP contribution >= 0.6 is 0 Å². The number of ether oxygens (including phenoxy) is 2. The highest BCUT2D eigenvalue weighted by molar-refractivity contribution is 5.62. The van der Waals surface area contributed by atoms with Gasteiger partial charge in [0.15, 0.2) is 5.79 Å². The first kappa shape index (κ1) is 22.5. The molecule has 1 saturated heterocycles. The number of aliphatic hydroxyl groups is 1. The molecule has 0 unspecified atom stereocenters. The molecule has 5 heteroatoms. The zero-order valence-electron chi connectivity index (χ0n) is 20.5. The normalized spacial score (nSPS) is 26.6. The minimum atomic E-state index is -0.424. The average Bonchev–Trinajstić information content (AvgIpc) is 3.53. The Morgan fingerprint density at radius 1 is 1.09 bits per heavy atom. The molecular weight excluding hydrogens is 436 g/mol. The van der Waals surface area contributed by atoms with Crippen molar-refractivity contribution in [2.45, 2.75) is 50.7 Å². The fourth-order valence-corrected chi connectivity index (χ4v) is 6.80. The van der Waals surface area contributed by atoms with Crippen LogP contribution in [0.2, 0.25) is 0 Å². The quantitative estimate of drug-likeness (QED) is 0.545. The van der Waals surface area contributed by atoms with E-state index < -0.39 is 5.79 Å². The first-order chi connectivity index (χ1) is 17.1. The highest BCUT2D eigenvalue weighted by Gasteiger charge is 2.58. The number of fused-ring (bicyclic) bond motifs is 3. The van der Waals surface area contributed by atoms with Crippen molar-refractivity contribution in [2.24, 2.45) is 11.8 Å². The molecular formula is C30H32N2O3. The van der Waals surface area contributed by atoms with Crippen LogP contribution in [-0.4, -0.2) is 40.3 Å². The van der Waals surface area contributed by atoms with Crippen LogP contribution in [-0.2, 0) is 21.3 Å². The molecule has 180 valence electrons. The van der Waals surface area contributed by atoms with Gasteiger partial charge in [0.2, 0.25) is 0 Å². The van der Waals surface area contributed by atoms with E-state index in [1.54, 1.807) is 0 Å². The molecule has 3 atom stereocenters. The fourth-order valence-electron chi connectivity index (χ4n) is 6.80. The van der Waals surface area contributed by atoms with Crippen molar-refractivity contribution in [3.8, 4) is 28.9 Å². The predicted molar refractivity (Wildman–Crippen MR) is 135 cm³/mol. The Labute approximate surface area is 207 Å². The third kappa shape index (κ3) is 3.55. The first-order valence-electron chi connectivity index (χ1n) is 12.7. The lowest BCUT2D eigenvalue weighted by Crippen LogP contribution is -2.55. The van der Waals surface area contributed by atoms with Gasteiger partial charge in [-0.2, -0.15) is 0 Å². The SMILES string of the molecule is C[C@H]1[C@@H]2CCc3c(nc(-c4ccccc4)n3-c3cccc(C#CCO)c3)[C@@]2(C)CCC12OCCO2. The Balaban J connectivity index is 1.51. The molecule has 2 fully saturated rings. The molecule has 1 saturated carbocycles. The van der Waals surface area contributed by atoms with Crippen LogP contribution in [0.4, 0.5) is 0 Å². The van der Waals surface area contributed by atoms with Gasteiger partial charge in [-0.1, -0.05) is 62.1 Å². The Morgan fingerprint density at radius 3 is 2.66 bits per heavy atom. The van der Waals surface area contributed by atoms with Crippen molar-refractivity contribution in [1.82, 2.24) is 9.55 Å². The van der Waals surface area contributed by atoms with Gasteiger partial charge in [0, 0.05) is 40.3 Å². The molecule has 5 nitrogen and oxygen atoms in total. The molecule has 1 aromatic heterocycles. The van der Waals surface area contributed by atoms with E-state index in [9.17, 15) is 0 Å². The molecule has 35 heavy (non-hydrogen) atoms. The van der Waals surface area contributed by atoms with E-state index in [4.69, 9.17) is 19.6 Å². The maximum Gasteiger partial charge on any atom is 0.171 e. The van der Waals surface area contributed by atoms with Crippen molar-refractivity contribution >= 4 is 0 Å². The van der Waals surface area contributed by atoms with Gasteiger partial charge in [0.05, 0.1) is 18.9 Å². The van der Waals surface area contributed by atoms with E-state index in [2.05, 4.69) is 66.7 Å². The number of rotatable bonds is 2. The molecule has 3 aliphatic rings. The molecule has 3 aromatic rings. The second-order valence-electron chi connectivity index (χ2n) is 10.3. The third-order valence-electron chi connectivity index (χ3n) is 8.54. The van der Waals surface area contributed by atoms with E-state index in [1.165, 1.54) is 11.4 Å². The summed E-state index contributed by atoms with van der Waals surface area (Å²) in [5, 5.41) is 9.16. The van der Waals surface area contributed by atoms with Gasteiger partial charge < -0.3 is 14.6 Å². The molecule has 1 aliphatic heterocycles. The van der Waals surface area contributed by atoms with Gasteiger partial charge in [-0.05, 0) is 43.4 Å². The Morgan fingerprint density at radius 2 is 1.89 bits per heavy atom. The number of hydrogen-bond acceptors (Lipinski definition) is 4. The second kappa shape index (κ2) is 8.64. The van der Waals surface area contributed by atoms with Crippen molar-refractivity contribution in [1.29, 1.82) is 0 Å². The molecule has 0 bridgehead atoms. The van der Waals surface area contributed by atoms with E-state index in [0.29, 0.717) is 25.0 Å². The summed E-state index contributed by atoms with van der Waals surface area (Å²) in [6.07, 6.45) is 3.95. The summed E-state index contributed by atoms with van der Waals surface area (Å²) in [6, 6.07) is 18.7. The number of aliphatic hydroxyl groups excluding tert-OH is 1. The average molecular weight is 469 g/mol. The van der Waals surface area contributed by atoms with E-state index in [-0.39, 0.29) is 12.0 Å². The molecule has 0 amide bonds. The topological polar surface area (TPSA) is 56.5 Å². The molecule has 6 rings (SSSR count). The zero-order chi connectivity index (χ0) is 24.0. The molecule has 1 N–H and O–H groups in total. The Hall–Kier alpha value is -2.91. The fraction of sp³-hybridized carbons (Fsp3) is 0.433. The van der Waals surface area contributed by atoms with Crippen LogP contribution in [0.15, 0.2) is 54.6 Å². The van der Waals surface area contributed by atoms with E-state index in [1.807, 2.05) is 18.2 Å². The van der Waals surface area contributed by atoms with Gasteiger partial charge in [0.25, 0.3) is 0 Å². The zero-order valence-corrected chi connectivity index (χ0v) is 20.5. The summed E-state index contributed by atoms with van der Waals surface area (Å²) >= 11 is 0. The van der Waals surface area contributed by atoms with Crippen LogP contribution in [0.25, 0.3) is 17.1 Å². The summed E-state index contributed by atoms with van der Waals surface area (Å²) in [7, 11) is 0. The van der Waals surface area contributed by atoms with Gasteiger partial charge in [0.1, 0.15) is 12.4 Å². The molecule has 1 spiro atoms. The molecule has 2 heterocycles. The Bertz CT molecular complexity index is 1300. The number of nitrogens with zero attached hydrogens (tertiary/aromatic N) is 2. The maximum absolute atomic E-state index is 9.16. The van der Waals surface area contributed by atoms with Crippen LogP contribution < -0.4 is 0 Å². The van der Waals surface area contributed by atoms with E-state index in [0.717, 1.165) is 48.3 Å². The Kier molecular flexibility index (Phi) is 5.56. The van der Waals surface area contributed by atoms with Crippen LogP contribution in [0, 0.1) is 23.7 Å². The number of aromatic nitrogens is 2. The predicted octanol–water partition coefficient (Wildman–Crippen LogP) is 4.88. The van der Waals surface area contributed by atoms with Crippen LogP contribution in [0.1, 0.15) is 50.1 Å². The minimum absolute atomic E-state index is 0.0311. The van der Waals surface area contributed by atoms with Crippen molar-refractivity contribution in [2.75, 3.05) is 19.8 Å². The summed E-state index contributed by atoms with van der Waals surface area (Å²) in [5.41, 5.74) is 5.55. The summed E-state index contributed by atoms with van der Waals surface area (Å²) < 4.78 is 14.8. The first-order valence-corrected chi connectivity index (χ1v) is 12.7.